The summed E-state index contributed by atoms with van der Waals surface area (Å²) in [5.41, 5.74) is 3.17. The van der Waals surface area contributed by atoms with Crippen LogP contribution in [0.2, 0.25) is 0 Å². The van der Waals surface area contributed by atoms with E-state index in [9.17, 15) is 15.0 Å². The molecule has 0 saturated heterocycles. The van der Waals surface area contributed by atoms with Crippen molar-refractivity contribution < 1.29 is 19.7 Å². The number of carbonyl (C=O) groups excluding carboxylic acids is 1. The molecule has 140 valence electrons. The zero-order valence-electron chi connectivity index (χ0n) is 15.6. The Bertz CT molecular complexity index is 753. The van der Waals surface area contributed by atoms with Crippen LogP contribution >= 0.6 is 0 Å². The van der Waals surface area contributed by atoms with Gasteiger partial charge in [-0.05, 0) is 91.0 Å². The van der Waals surface area contributed by atoms with E-state index >= 15 is 0 Å². The molecule has 4 nitrogen and oxygen atoms in total. The normalized spacial score (nSPS) is 37.0. The van der Waals surface area contributed by atoms with Crippen molar-refractivity contribution in [3.05, 3.63) is 35.4 Å². The van der Waals surface area contributed by atoms with Crippen molar-refractivity contribution in [2.75, 3.05) is 6.61 Å². The van der Waals surface area contributed by atoms with Crippen molar-refractivity contribution >= 4 is 11.5 Å². The van der Waals surface area contributed by atoms with Crippen LogP contribution in [0.1, 0.15) is 63.0 Å². The third kappa shape index (κ3) is 2.66. The zero-order valence-corrected chi connectivity index (χ0v) is 15.6. The molecule has 3 aliphatic carbocycles. The molecule has 26 heavy (non-hydrogen) atoms. The standard InChI is InChI=1S/C22H28O4/c1-3-26-21(25)11-13-10-18-16(15-5-4-14(23)12-17(13)15)8-9-22(2)19(18)6-7-20(22)24/h4-5,11-12,16,18-20,23-24H,3,6-10H2,1-2H3/t16-,18-,19+,20+,22+/m1/s1. The maximum Gasteiger partial charge on any atom is 0.331 e. The number of esters is 1. The predicted octanol–water partition coefficient (Wildman–Crippen LogP) is 4.01. The van der Waals surface area contributed by atoms with Gasteiger partial charge in [-0.3, -0.25) is 0 Å². The Morgan fingerprint density at radius 1 is 1.35 bits per heavy atom. The number of phenolic OH excluding ortho intramolecular Hbond substituents is 1. The van der Waals surface area contributed by atoms with E-state index in [1.54, 1.807) is 25.1 Å². The lowest BCUT2D eigenvalue weighted by Gasteiger charge is -2.50. The summed E-state index contributed by atoms with van der Waals surface area (Å²) in [6.07, 6.45) is 6.23. The van der Waals surface area contributed by atoms with E-state index in [-0.39, 0.29) is 23.2 Å². The van der Waals surface area contributed by atoms with Gasteiger partial charge in [-0.1, -0.05) is 13.0 Å². The van der Waals surface area contributed by atoms with Gasteiger partial charge in [-0.2, -0.15) is 0 Å². The van der Waals surface area contributed by atoms with Crippen LogP contribution in [-0.4, -0.2) is 28.9 Å². The summed E-state index contributed by atoms with van der Waals surface area (Å²) in [7, 11) is 0. The summed E-state index contributed by atoms with van der Waals surface area (Å²) in [5.74, 6) is 1.26. The van der Waals surface area contributed by atoms with Crippen molar-refractivity contribution in [2.45, 2.75) is 58.0 Å². The molecule has 0 aliphatic heterocycles. The molecule has 0 aromatic heterocycles. The molecule has 0 amide bonds. The number of allylic oxidation sites excluding steroid dienone is 1. The van der Waals surface area contributed by atoms with E-state index < -0.39 is 0 Å². The molecule has 4 heteroatoms. The predicted molar refractivity (Wildman–Crippen MR) is 99.6 cm³/mol. The third-order valence-corrected chi connectivity index (χ3v) is 7.20. The monoisotopic (exact) mass is 356 g/mol. The van der Waals surface area contributed by atoms with Gasteiger partial charge in [-0.15, -0.1) is 0 Å². The van der Waals surface area contributed by atoms with Crippen molar-refractivity contribution in [3.63, 3.8) is 0 Å². The molecule has 5 atom stereocenters. The number of fused-ring (bicyclic) bond motifs is 5. The van der Waals surface area contributed by atoms with Crippen LogP contribution in [0.4, 0.5) is 0 Å². The average molecular weight is 356 g/mol. The topological polar surface area (TPSA) is 66.8 Å². The Labute approximate surface area is 154 Å². The first-order valence-electron chi connectivity index (χ1n) is 9.82. The van der Waals surface area contributed by atoms with Gasteiger partial charge in [-0.25, -0.2) is 4.79 Å². The molecule has 2 fully saturated rings. The Hall–Kier alpha value is -1.81. The Morgan fingerprint density at radius 2 is 2.15 bits per heavy atom. The summed E-state index contributed by atoms with van der Waals surface area (Å²) in [6.45, 7) is 4.40. The Kier molecular flexibility index (Phi) is 4.34. The molecule has 2 saturated carbocycles. The smallest absolute Gasteiger partial charge is 0.331 e. The number of aliphatic hydroxyl groups excluding tert-OH is 1. The van der Waals surface area contributed by atoms with Gasteiger partial charge in [0.25, 0.3) is 0 Å². The van der Waals surface area contributed by atoms with E-state index in [1.165, 1.54) is 5.56 Å². The highest BCUT2D eigenvalue weighted by molar-refractivity contribution is 5.92. The van der Waals surface area contributed by atoms with Crippen LogP contribution in [0.3, 0.4) is 0 Å². The lowest BCUT2D eigenvalue weighted by molar-refractivity contribution is -0.137. The van der Waals surface area contributed by atoms with Crippen molar-refractivity contribution in [1.29, 1.82) is 0 Å². The maximum absolute atomic E-state index is 12.1. The Balaban J connectivity index is 1.77. The number of hydrogen-bond acceptors (Lipinski definition) is 4. The van der Waals surface area contributed by atoms with Crippen molar-refractivity contribution in [3.8, 4) is 5.75 Å². The Morgan fingerprint density at radius 3 is 2.92 bits per heavy atom. The summed E-state index contributed by atoms with van der Waals surface area (Å²) >= 11 is 0. The van der Waals surface area contributed by atoms with Gasteiger partial charge in [0.05, 0.1) is 12.7 Å². The summed E-state index contributed by atoms with van der Waals surface area (Å²) in [6, 6.07) is 5.56. The number of benzene rings is 1. The van der Waals surface area contributed by atoms with Crippen LogP contribution < -0.4 is 0 Å². The lowest BCUT2D eigenvalue weighted by atomic mass is 9.54. The fourth-order valence-electron chi connectivity index (χ4n) is 5.90. The summed E-state index contributed by atoms with van der Waals surface area (Å²) in [5, 5.41) is 20.6. The van der Waals surface area contributed by atoms with Crippen molar-refractivity contribution in [1.82, 2.24) is 0 Å². The second-order valence-electron chi connectivity index (χ2n) is 8.41. The number of carbonyl (C=O) groups is 1. The highest BCUT2D eigenvalue weighted by atomic mass is 16.5. The number of ether oxygens (including phenoxy) is 1. The SMILES string of the molecule is CCOC(=O)C=C1C[C@@H]2[C@H](CC[C@]3(C)[C@@H](O)CC[C@@H]23)c2ccc(O)cc21. The van der Waals surface area contributed by atoms with Gasteiger partial charge in [0, 0.05) is 6.08 Å². The maximum atomic E-state index is 12.1. The van der Waals surface area contributed by atoms with Gasteiger partial charge < -0.3 is 14.9 Å². The van der Waals surface area contributed by atoms with Gasteiger partial charge in [0.15, 0.2) is 0 Å². The van der Waals surface area contributed by atoms with Crippen LogP contribution in [-0.2, 0) is 9.53 Å². The van der Waals surface area contributed by atoms with E-state index in [4.69, 9.17) is 4.74 Å². The second kappa shape index (κ2) is 6.41. The minimum Gasteiger partial charge on any atom is -0.508 e. The molecule has 0 heterocycles. The van der Waals surface area contributed by atoms with Crippen molar-refractivity contribution in [2.24, 2.45) is 17.3 Å². The van der Waals surface area contributed by atoms with Crippen LogP contribution in [0.5, 0.6) is 5.75 Å². The fraction of sp³-hybridized carbons (Fsp3) is 0.591. The molecule has 0 radical (unpaired) electrons. The zero-order chi connectivity index (χ0) is 18.5. The van der Waals surface area contributed by atoms with Crippen LogP contribution in [0, 0.1) is 17.3 Å². The van der Waals surface area contributed by atoms with E-state index in [2.05, 4.69) is 6.92 Å². The second-order valence-corrected chi connectivity index (χ2v) is 8.41. The summed E-state index contributed by atoms with van der Waals surface area (Å²) < 4.78 is 5.13. The first-order valence-corrected chi connectivity index (χ1v) is 9.82. The quantitative estimate of drug-likeness (QED) is 0.621. The van der Waals surface area contributed by atoms with E-state index in [0.29, 0.717) is 24.4 Å². The fourth-order valence-corrected chi connectivity index (χ4v) is 5.90. The van der Waals surface area contributed by atoms with Gasteiger partial charge >= 0.3 is 5.97 Å². The first kappa shape index (κ1) is 17.6. The molecular weight excluding hydrogens is 328 g/mol. The number of hydrogen-bond donors (Lipinski definition) is 2. The van der Waals surface area contributed by atoms with Crippen LogP contribution in [0.15, 0.2) is 24.3 Å². The molecule has 0 spiro atoms. The van der Waals surface area contributed by atoms with Gasteiger partial charge in [0.2, 0.25) is 0 Å². The largest absolute Gasteiger partial charge is 0.508 e. The van der Waals surface area contributed by atoms with Gasteiger partial charge in [0.1, 0.15) is 5.75 Å². The third-order valence-electron chi connectivity index (χ3n) is 7.20. The van der Waals surface area contributed by atoms with Crippen LogP contribution in [0.25, 0.3) is 5.57 Å². The summed E-state index contributed by atoms with van der Waals surface area (Å²) in [4.78, 5) is 12.1. The number of phenols is 1. The molecule has 4 rings (SSSR count). The first-order chi connectivity index (χ1) is 12.4. The van der Waals surface area contributed by atoms with E-state index in [0.717, 1.165) is 43.2 Å². The lowest BCUT2D eigenvalue weighted by Crippen LogP contribution is -2.43. The number of rotatable bonds is 2. The molecule has 1 aromatic rings. The molecular formula is C22H28O4. The minimum absolute atomic E-state index is 0.00930. The molecule has 3 aliphatic rings. The average Bonchev–Trinajstić information content (AvgIpc) is 2.91. The molecule has 0 bridgehead atoms. The number of aromatic hydroxyl groups is 1. The van der Waals surface area contributed by atoms with E-state index in [1.807, 2.05) is 6.07 Å². The number of aliphatic hydroxyl groups is 1. The highest BCUT2D eigenvalue weighted by Crippen LogP contribution is 2.62. The highest BCUT2D eigenvalue weighted by Gasteiger charge is 2.54. The molecule has 2 N–H and O–H groups in total. The molecule has 1 aromatic carbocycles. The minimum atomic E-state index is -0.319. The molecule has 0 unspecified atom stereocenters.